The van der Waals surface area contributed by atoms with Gasteiger partial charge in [-0.3, -0.25) is 10.6 Å². The second kappa shape index (κ2) is 6.26. The van der Waals surface area contributed by atoms with Crippen LogP contribution in [0.1, 0.15) is 15.9 Å². The van der Waals surface area contributed by atoms with Gasteiger partial charge in [0.15, 0.2) is 0 Å². The fourth-order valence-electron chi connectivity index (χ4n) is 1.76. The largest absolute Gasteiger partial charge is 0.324 e. The van der Waals surface area contributed by atoms with Crippen LogP contribution in [0.3, 0.4) is 0 Å². The second-order valence-corrected chi connectivity index (χ2v) is 5.43. The van der Waals surface area contributed by atoms with Crippen LogP contribution in [0, 0.1) is 6.92 Å². The molecule has 4 nitrogen and oxygen atoms in total. The van der Waals surface area contributed by atoms with Gasteiger partial charge in [-0.15, -0.1) is 0 Å². The molecule has 0 aromatic heterocycles. The fourth-order valence-corrected chi connectivity index (χ4v) is 2.30. The summed E-state index contributed by atoms with van der Waals surface area (Å²) in [5.41, 5.74) is 5.42. The van der Waals surface area contributed by atoms with Gasteiger partial charge in [0.2, 0.25) is 0 Å². The van der Waals surface area contributed by atoms with Gasteiger partial charge in [0.1, 0.15) is 0 Å². The molecule has 2 aromatic rings. The Labute approximate surface area is 130 Å². The van der Waals surface area contributed by atoms with Gasteiger partial charge >= 0.3 is 0 Å². The third-order valence-electron chi connectivity index (χ3n) is 2.84. The molecule has 0 aliphatic heterocycles. The summed E-state index contributed by atoms with van der Waals surface area (Å²) >= 11 is 9.33. The minimum Gasteiger partial charge on any atom is -0.324 e. The van der Waals surface area contributed by atoms with E-state index in [-0.39, 0.29) is 5.91 Å². The van der Waals surface area contributed by atoms with Gasteiger partial charge in [0.05, 0.1) is 20.9 Å². The lowest BCUT2D eigenvalue weighted by atomic mass is 10.1. The lowest BCUT2D eigenvalue weighted by Gasteiger charge is -2.10. The smallest absolute Gasteiger partial charge is 0.255 e. The zero-order valence-corrected chi connectivity index (χ0v) is 13.0. The zero-order valence-electron chi connectivity index (χ0n) is 10.7. The van der Waals surface area contributed by atoms with E-state index >= 15 is 0 Å². The van der Waals surface area contributed by atoms with Crippen LogP contribution in [-0.2, 0) is 0 Å². The maximum atomic E-state index is 12.2. The molecule has 6 heteroatoms. The van der Waals surface area contributed by atoms with Crippen molar-refractivity contribution in [3.63, 3.8) is 0 Å². The van der Waals surface area contributed by atoms with Crippen LogP contribution in [0.5, 0.6) is 0 Å². The lowest BCUT2D eigenvalue weighted by molar-refractivity contribution is 0.102. The number of nitrogens with one attached hydrogen (secondary N) is 2. The van der Waals surface area contributed by atoms with E-state index in [9.17, 15) is 4.79 Å². The molecule has 0 saturated carbocycles. The van der Waals surface area contributed by atoms with Crippen LogP contribution < -0.4 is 16.6 Å². The Bertz CT molecular complexity index is 661. The summed E-state index contributed by atoms with van der Waals surface area (Å²) in [5, 5.41) is 3.35. The van der Waals surface area contributed by atoms with Crippen LogP contribution >= 0.6 is 27.5 Å². The lowest BCUT2D eigenvalue weighted by Crippen LogP contribution is -2.14. The molecule has 0 aliphatic rings. The summed E-state index contributed by atoms with van der Waals surface area (Å²) in [5.74, 6) is 5.16. The average Bonchev–Trinajstić information content (AvgIpc) is 2.43. The Morgan fingerprint density at radius 2 is 2.00 bits per heavy atom. The molecular weight excluding hydrogens is 342 g/mol. The molecule has 0 bridgehead atoms. The van der Waals surface area contributed by atoms with Crippen molar-refractivity contribution in [2.24, 2.45) is 5.84 Å². The number of halogens is 2. The highest BCUT2D eigenvalue weighted by molar-refractivity contribution is 9.10. The third-order valence-corrected chi connectivity index (χ3v) is 4.24. The van der Waals surface area contributed by atoms with Crippen molar-refractivity contribution in [3.8, 4) is 0 Å². The average molecular weight is 355 g/mol. The van der Waals surface area contributed by atoms with E-state index in [1.807, 2.05) is 6.92 Å². The summed E-state index contributed by atoms with van der Waals surface area (Å²) in [6, 6.07) is 10.5. The number of nitrogens with two attached hydrogens (primary N) is 1. The molecular formula is C14H13BrClN3O. The number of hydrogen-bond acceptors (Lipinski definition) is 3. The maximum Gasteiger partial charge on any atom is 0.255 e. The van der Waals surface area contributed by atoms with Crippen molar-refractivity contribution in [2.45, 2.75) is 6.92 Å². The topological polar surface area (TPSA) is 67.2 Å². The molecule has 0 saturated heterocycles. The van der Waals surface area contributed by atoms with Crippen LogP contribution in [0.4, 0.5) is 11.4 Å². The Morgan fingerprint density at radius 1 is 1.25 bits per heavy atom. The molecule has 20 heavy (non-hydrogen) atoms. The standard InChI is InChI=1S/C14H13BrClN3O/c1-8-7-9(5-6-11(8)19-17)14(20)18-12-4-2-3-10(16)13(12)15/h2-7,19H,17H2,1H3,(H,18,20). The number of amides is 1. The van der Waals surface area contributed by atoms with Gasteiger partial charge in [-0.25, -0.2) is 0 Å². The van der Waals surface area contributed by atoms with E-state index in [0.717, 1.165) is 11.3 Å². The van der Waals surface area contributed by atoms with Crippen molar-refractivity contribution in [1.82, 2.24) is 0 Å². The number of carbonyl (C=O) groups excluding carboxylic acids is 1. The summed E-state index contributed by atoms with van der Waals surface area (Å²) in [4.78, 5) is 12.2. The predicted octanol–water partition coefficient (Wildman–Crippen LogP) is 3.95. The highest BCUT2D eigenvalue weighted by atomic mass is 79.9. The SMILES string of the molecule is Cc1cc(C(=O)Nc2cccc(Cl)c2Br)ccc1NN. The molecule has 104 valence electrons. The first kappa shape index (κ1) is 14.8. The van der Waals surface area contributed by atoms with Gasteiger partial charge in [-0.05, 0) is 58.7 Å². The summed E-state index contributed by atoms with van der Waals surface area (Å²) in [7, 11) is 0. The Kier molecular flexibility index (Phi) is 4.65. The number of hydrogen-bond donors (Lipinski definition) is 3. The van der Waals surface area contributed by atoms with Gasteiger partial charge in [-0.1, -0.05) is 17.7 Å². The number of anilines is 2. The highest BCUT2D eigenvalue weighted by Gasteiger charge is 2.11. The van der Waals surface area contributed by atoms with Gasteiger partial charge in [0, 0.05) is 5.56 Å². The normalized spacial score (nSPS) is 10.2. The maximum absolute atomic E-state index is 12.2. The van der Waals surface area contributed by atoms with Crippen LogP contribution in [0.2, 0.25) is 5.02 Å². The van der Waals surface area contributed by atoms with Gasteiger partial charge in [0.25, 0.3) is 5.91 Å². The summed E-state index contributed by atoms with van der Waals surface area (Å²) < 4.78 is 0.659. The van der Waals surface area contributed by atoms with Crippen molar-refractivity contribution < 1.29 is 4.79 Å². The van der Waals surface area contributed by atoms with E-state index in [0.29, 0.717) is 20.7 Å². The van der Waals surface area contributed by atoms with Crippen LogP contribution in [0.15, 0.2) is 40.9 Å². The molecule has 0 heterocycles. The Hall–Kier alpha value is -1.56. The zero-order chi connectivity index (χ0) is 14.7. The first-order valence-corrected chi connectivity index (χ1v) is 7.02. The quantitative estimate of drug-likeness (QED) is 0.577. The minimum atomic E-state index is -0.209. The Balaban J connectivity index is 2.24. The fraction of sp³-hybridized carbons (Fsp3) is 0.0714. The molecule has 0 spiro atoms. The Morgan fingerprint density at radius 3 is 2.65 bits per heavy atom. The molecule has 0 fully saturated rings. The number of aryl methyl sites for hydroxylation is 1. The van der Waals surface area contributed by atoms with Gasteiger partial charge < -0.3 is 10.7 Å². The third kappa shape index (κ3) is 3.12. The number of benzene rings is 2. The number of nitrogen functional groups attached to an aromatic ring is 1. The second-order valence-electron chi connectivity index (χ2n) is 4.23. The van der Waals surface area contributed by atoms with E-state index in [4.69, 9.17) is 17.4 Å². The number of rotatable bonds is 3. The number of hydrazine groups is 1. The summed E-state index contributed by atoms with van der Waals surface area (Å²) in [6.07, 6.45) is 0. The molecule has 0 aliphatic carbocycles. The molecule has 0 radical (unpaired) electrons. The number of carbonyl (C=O) groups is 1. The molecule has 1 amide bonds. The van der Waals surface area contributed by atoms with Crippen molar-refractivity contribution in [1.29, 1.82) is 0 Å². The van der Waals surface area contributed by atoms with Crippen LogP contribution in [-0.4, -0.2) is 5.91 Å². The van der Waals surface area contributed by atoms with Crippen molar-refractivity contribution >= 4 is 44.8 Å². The predicted molar refractivity (Wildman–Crippen MR) is 86.1 cm³/mol. The van der Waals surface area contributed by atoms with E-state index in [1.54, 1.807) is 36.4 Å². The van der Waals surface area contributed by atoms with Crippen molar-refractivity contribution in [3.05, 3.63) is 57.0 Å². The first-order valence-electron chi connectivity index (χ1n) is 5.85. The van der Waals surface area contributed by atoms with E-state index < -0.39 is 0 Å². The van der Waals surface area contributed by atoms with Gasteiger partial charge in [-0.2, -0.15) is 0 Å². The van der Waals surface area contributed by atoms with E-state index in [2.05, 4.69) is 26.7 Å². The minimum absolute atomic E-state index is 0.209. The van der Waals surface area contributed by atoms with E-state index in [1.165, 1.54) is 0 Å². The molecule has 2 aromatic carbocycles. The first-order chi connectivity index (χ1) is 9.52. The molecule has 2 rings (SSSR count). The molecule has 4 N–H and O–H groups in total. The molecule has 0 atom stereocenters. The van der Waals surface area contributed by atoms with Crippen LogP contribution in [0.25, 0.3) is 0 Å². The monoisotopic (exact) mass is 353 g/mol. The summed E-state index contributed by atoms with van der Waals surface area (Å²) in [6.45, 7) is 1.88. The molecule has 0 unspecified atom stereocenters. The van der Waals surface area contributed by atoms with Crippen molar-refractivity contribution in [2.75, 3.05) is 10.7 Å². The highest BCUT2D eigenvalue weighted by Crippen LogP contribution is 2.30.